The molecule has 0 saturated heterocycles. The second-order valence-electron chi connectivity index (χ2n) is 6.64. The molecule has 0 saturated carbocycles. The van der Waals surface area contributed by atoms with Crippen molar-refractivity contribution < 1.29 is 19.0 Å². The molecule has 1 aromatic carbocycles. The first-order chi connectivity index (χ1) is 13.3. The smallest absolute Gasteiger partial charge is 0.248 e. The summed E-state index contributed by atoms with van der Waals surface area (Å²) in [6.45, 7) is 1.41. The van der Waals surface area contributed by atoms with Gasteiger partial charge in [0.2, 0.25) is 11.9 Å². The van der Waals surface area contributed by atoms with Crippen LogP contribution in [0.25, 0.3) is 16.6 Å². The molecule has 1 amide bonds. The first-order valence-electron chi connectivity index (χ1n) is 8.90. The number of nitrogen functional groups attached to an aromatic ring is 1. The van der Waals surface area contributed by atoms with Crippen molar-refractivity contribution in [2.45, 2.75) is 32.2 Å². The molecule has 3 rings (SSSR count). The van der Waals surface area contributed by atoms with Crippen LogP contribution >= 0.6 is 0 Å². The Hall–Kier alpha value is -3.01. The van der Waals surface area contributed by atoms with Crippen molar-refractivity contribution in [2.75, 3.05) is 26.5 Å². The fourth-order valence-corrected chi connectivity index (χ4v) is 3.04. The Morgan fingerprint density at radius 3 is 2.86 bits per heavy atom. The molecule has 0 aliphatic heterocycles. The number of carbonyl (C=O) groups is 1. The maximum Gasteiger partial charge on any atom is 0.248 e. The van der Waals surface area contributed by atoms with E-state index >= 15 is 0 Å². The molecule has 0 aliphatic carbocycles. The lowest BCUT2D eigenvalue weighted by Gasteiger charge is -2.23. The normalized spacial score (nSPS) is 12.5. The van der Waals surface area contributed by atoms with Gasteiger partial charge in [-0.3, -0.25) is 4.79 Å². The van der Waals surface area contributed by atoms with Crippen LogP contribution in [0.4, 0.5) is 10.3 Å². The van der Waals surface area contributed by atoms with E-state index in [0.29, 0.717) is 28.8 Å². The fraction of sp³-hybridized carbons (Fsp3) is 0.444. The number of aliphatic hydroxyl groups is 1. The molecule has 3 aromatic rings. The van der Waals surface area contributed by atoms with Crippen LogP contribution in [0.15, 0.2) is 12.1 Å². The van der Waals surface area contributed by atoms with Crippen LogP contribution in [0.2, 0.25) is 0 Å². The number of amides is 1. The maximum atomic E-state index is 14.1. The summed E-state index contributed by atoms with van der Waals surface area (Å²) in [7, 11) is 3.04. The van der Waals surface area contributed by atoms with Gasteiger partial charge in [-0.1, -0.05) is 0 Å². The molecule has 10 heteroatoms. The lowest BCUT2D eigenvalue weighted by Crippen LogP contribution is -2.36. The van der Waals surface area contributed by atoms with E-state index < -0.39 is 12.4 Å². The number of benzene rings is 1. The zero-order valence-corrected chi connectivity index (χ0v) is 16.0. The van der Waals surface area contributed by atoms with E-state index in [1.54, 1.807) is 7.05 Å². The summed E-state index contributed by atoms with van der Waals surface area (Å²) in [5.74, 6) is -0.0456. The number of aliphatic hydroxyl groups excluding tert-OH is 1. The number of methoxy groups -OCH3 is 1. The first kappa shape index (κ1) is 19.7. The van der Waals surface area contributed by atoms with Crippen LogP contribution in [0.3, 0.4) is 0 Å². The number of hydrogen-bond donors (Lipinski definition) is 2. The highest BCUT2D eigenvalue weighted by Crippen LogP contribution is 2.27. The minimum atomic E-state index is -0.515. The number of rotatable bonds is 7. The van der Waals surface area contributed by atoms with E-state index in [-0.39, 0.29) is 23.6 Å². The topological polar surface area (TPSA) is 119 Å². The number of aryl methyl sites for hydroxylation is 1. The Morgan fingerprint density at radius 2 is 2.18 bits per heavy atom. The van der Waals surface area contributed by atoms with Crippen LogP contribution < -0.4 is 10.5 Å². The Labute approximate surface area is 160 Å². The minimum Gasteiger partial charge on any atom is -0.494 e. The molecule has 28 heavy (non-hydrogen) atoms. The average Bonchev–Trinajstić information content (AvgIpc) is 3.12. The number of ether oxygens (including phenoxy) is 1. The van der Waals surface area contributed by atoms with Crippen LogP contribution in [0.1, 0.15) is 25.6 Å². The lowest BCUT2D eigenvalue weighted by atomic mass is 10.1. The van der Waals surface area contributed by atoms with Gasteiger partial charge in [0, 0.05) is 31.0 Å². The van der Waals surface area contributed by atoms with E-state index in [1.165, 1.54) is 28.7 Å². The van der Waals surface area contributed by atoms with Gasteiger partial charge in [0.05, 0.1) is 12.6 Å². The predicted molar refractivity (Wildman–Crippen MR) is 101 cm³/mol. The van der Waals surface area contributed by atoms with Gasteiger partial charge in [0.1, 0.15) is 6.61 Å². The summed E-state index contributed by atoms with van der Waals surface area (Å²) in [6, 6.07) is 2.77. The van der Waals surface area contributed by atoms with E-state index in [4.69, 9.17) is 15.6 Å². The highest BCUT2D eigenvalue weighted by Gasteiger charge is 2.17. The number of nitrogens with two attached hydrogens (primary N) is 1. The molecule has 1 atom stereocenters. The molecule has 2 aromatic heterocycles. The first-order valence-corrected chi connectivity index (χ1v) is 8.90. The molecule has 0 aliphatic rings. The average molecular weight is 390 g/mol. The summed E-state index contributed by atoms with van der Waals surface area (Å²) in [5, 5.41) is 13.8. The number of hydrogen-bond acceptors (Lipinski definition) is 7. The van der Waals surface area contributed by atoms with Gasteiger partial charge in [-0.2, -0.15) is 4.52 Å². The molecular formula is C18H23FN6O3. The molecule has 3 N–H and O–H groups in total. The number of halogens is 1. The summed E-state index contributed by atoms with van der Waals surface area (Å²) < 4.78 is 20.5. The SMILES string of the molecule is COc1cc2nc(N)n3nc(CCC[C@H](C)N(C)C(=O)CO)nc3c2cc1F. The number of aromatic nitrogens is 4. The third kappa shape index (κ3) is 3.68. The van der Waals surface area contributed by atoms with Gasteiger partial charge in [0.25, 0.3) is 0 Å². The highest BCUT2D eigenvalue weighted by atomic mass is 19.1. The van der Waals surface area contributed by atoms with Crippen molar-refractivity contribution in [3.05, 3.63) is 23.8 Å². The van der Waals surface area contributed by atoms with Gasteiger partial charge in [0.15, 0.2) is 23.0 Å². The van der Waals surface area contributed by atoms with Crippen molar-refractivity contribution in [2.24, 2.45) is 0 Å². The second kappa shape index (κ2) is 7.93. The van der Waals surface area contributed by atoms with Crippen molar-refractivity contribution in [1.82, 2.24) is 24.5 Å². The largest absolute Gasteiger partial charge is 0.494 e. The molecule has 9 nitrogen and oxygen atoms in total. The zero-order valence-electron chi connectivity index (χ0n) is 16.0. The van der Waals surface area contributed by atoms with Gasteiger partial charge in [-0.25, -0.2) is 14.4 Å². The van der Waals surface area contributed by atoms with Crippen molar-refractivity contribution in [3.8, 4) is 5.75 Å². The summed E-state index contributed by atoms with van der Waals surface area (Å²) >= 11 is 0. The molecular weight excluding hydrogens is 367 g/mol. The van der Waals surface area contributed by atoms with Gasteiger partial charge in [-0.15, -0.1) is 5.10 Å². The molecule has 2 heterocycles. The predicted octanol–water partition coefficient (Wildman–Crippen LogP) is 1.17. The molecule has 150 valence electrons. The maximum absolute atomic E-state index is 14.1. The summed E-state index contributed by atoms with van der Waals surface area (Å²) in [4.78, 5) is 21.8. The van der Waals surface area contributed by atoms with Gasteiger partial charge >= 0.3 is 0 Å². The molecule has 0 bridgehead atoms. The standard InChI is InChI=1S/C18H23FN6O3/c1-10(24(2)16(27)9-26)5-4-6-15-22-17-11-7-12(19)14(28-3)8-13(11)21-18(20)25(17)23-15/h7-8,10,26H,4-6,9H2,1-3H3,(H2,20,21)/t10-/m0/s1. The van der Waals surface area contributed by atoms with E-state index in [1.807, 2.05) is 6.92 Å². The molecule has 0 spiro atoms. The third-order valence-corrected chi connectivity index (χ3v) is 4.83. The number of likely N-dealkylation sites (N-methyl/N-ethyl adjacent to an activating group) is 1. The van der Waals surface area contributed by atoms with Gasteiger partial charge < -0.3 is 20.5 Å². The summed E-state index contributed by atoms with van der Waals surface area (Å²) in [6.07, 6.45) is 2.01. The van der Waals surface area contributed by atoms with E-state index in [9.17, 15) is 9.18 Å². The van der Waals surface area contributed by atoms with Crippen molar-refractivity contribution in [1.29, 1.82) is 0 Å². The molecule has 0 unspecified atom stereocenters. The number of carbonyl (C=O) groups excluding carboxylic acids is 1. The van der Waals surface area contributed by atoms with Crippen LogP contribution in [0.5, 0.6) is 5.75 Å². The number of fused-ring (bicyclic) bond motifs is 3. The Kier molecular flexibility index (Phi) is 5.59. The van der Waals surface area contributed by atoms with Crippen LogP contribution in [-0.4, -0.2) is 62.3 Å². The van der Waals surface area contributed by atoms with Gasteiger partial charge in [-0.05, 0) is 25.8 Å². The summed E-state index contributed by atoms with van der Waals surface area (Å²) in [5.41, 5.74) is 6.88. The van der Waals surface area contributed by atoms with E-state index in [2.05, 4.69) is 15.1 Å². The quantitative estimate of drug-likeness (QED) is 0.621. The Balaban J connectivity index is 1.82. The minimum absolute atomic E-state index is 0.0224. The van der Waals surface area contributed by atoms with Crippen molar-refractivity contribution >= 4 is 28.4 Å². The Morgan fingerprint density at radius 1 is 1.43 bits per heavy atom. The highest BCUT2D eigenvalue weighted by molar-refractivity contribution is 5.93. The Bertz CT molecular complexity index is 1020. The van der Waals surface area contributed by atoms with E-state index in [0.717, 1.165) is 12.8 Å². The molecule has 0 fully saturated rings. The molecule has 0 radical (unpaired) electrons. The van der Waals surface area contributed by atoms with Crippen molar-refractivity contribution in [3.63, 3.8) is 0 Å². The number of anilines is 1. The van der Waals surface area contributed by atoms with Crippen LogP contribution in [-0.2, 0) is 11.2 Å². The lowest BCUT2D eigenvalue weighted by molar-refractivity contribution is -0.134. The monoisotopic (exact) mass is 390 g/mol. The fourth-order valence-electron chi connectivity index (χ4n) is 3.04. The third-order valence-electron chi connectivity index (χ3n) is 4.83. The number of nitrogens with zero attached hydrogens (tertiary/aromatic N) is 5. The second-order valence-corrected chi connectivity index (χ2v) is 6.64. The zero-order chi connectivity index (χ0) is 20.4. The van der Waals surface area contributed by atoms with Crippen LogP contribution in [0, 0.1) is 5.82 Å².